The van der Waals surface area contributed by atoms with E-state index in [-0.39, 0.29) is 5.82 Å². The SMILES string of the molecule is CNCc1nc(-c2cccc(F)c2)c(C)s1. The normalized spacial score (nSPS) is 10.7. The fourth-order valence-corrected chi connectivity index (χ4v) is 2.55. The Morgan fingerprint density at radius 3 is 2.94 bits per heavy atom. The van der Waals surface area contributed by atoms with Gasteiger partial charge in [-0.2, -0.15) is 0 Å². The van der Waals surface area contributed by atoms with Crippen LogP contribution in [0.1, 0.15) is 9.88 Å². The molecule has 0 aliphatic carbocycles. The van der Waals surface area contributed by atoms with Crippen LogP contribution in [0, 0.1) is 12.7 Å². The van der Waals surface area contributed by atoms with Gasteiger partial charge in [0.15, 0.2) is 0 Å². The van der Waals surface area contributed by atoms with Crippen LogP contribution in [0.5, 0.6) is 0 Å². The molecule has 4 heteroatoms. The highest BCUT2D eigenvalue weighted by molar-refractivity contribution is 7.12. The number of aromatic nitrogens is 1. The molecule has 0 fully saturated rings. The molecule has 2 rings (SSSR count). The predicted octanol–water partition coefficient (Wildman–Crippen LogP) is 2.98. The molecule has 0 radical (unpaired) electrons. The van der Waals surface area contributed by atoms with Gasteiger partial charge in [-0.15, -0.1) is 11.3 Å². The molecular weight excluding hydrogens is 223 g/mol. The first-order valence-electron chi connectivity index (χ1n) is 5.07. The van der Waals surface area contributed by atoms with Crippen LogP contribution in [0.2, 0.25) is 0 Å². The summed E-state index contributed by atoms with van der Waals surface area (Å²) >= 11 is 1.64. The average molecular weight is 236 g/mol. The third kappa shape index (κ3) is 2.28. The second-order valence-electron chi connectivity index (χ2n) is 3.55. The third-order valence-electron chi connectivity index (χ3n) is 2.27. The summed E-state index contributed by atoms with van der Waals surface area (Å²) in [6.45, 7) is 2.76. The molecule has 0 saturated heterocycles. The van der Waals surface area contributed by atoms with Crippen LogP contribution in [0.3, 0.4) is 0 Å². The van der Waals surface area contributed by atoms with Gasteiger partial charge in [0.05, 0.1) is 5.69 Å². The zero-order chi connectivity index (χ0) is 11.5. The first-order chi connectivity index (χ1) is 7.70. The summed E-state index contributed by atoms with van der Waals surface area (Å²) in [6.07, 6.45) is 0. The topological polar surface area (TPSA) is 24.9 Å². The van der Waals surface area contributed by atoms with Gasteiger partial charge < -0.3 is 5.32 Å². The highest BCUT2D eigenvalue weighted by Gasteiger charge is 2.09. The number of hydrogen-bond acceptors (Lipinski definition) is 3. The van der Waals surface area contributed by atoms with E-state index in [0.717, 1.165) is 27.7 Å². The van der Waals surface area contributed by atoms with E-state index in [1.165, 1.54) is 12.1 Å². The molecule has 0 bridgehead atoms. The number of halogens is 1. The quantitative estimate of drug-likeness (QED) is 0.886. The molecular formula is C12H13FN2S. The molecule has 0 spiro atoms. The van der Waals surface area contributed by atoms with Gasteiger partial charge in [-0.1, -0.05) is 12.1 Å². The Balaban J connectivity index is 2.40. The first kappa shape index (κ1) is 11.2. The van der Waals surface area contributed by atoms with Crippen molar-refractivity contribution in [3.05, 3.63) is 40.0 Å². The van der Waals surface area contributed by atoms with Crippen molar-refractivity contribution < 1.29 is 4.39 Å². The summed E-state index contributed by atoms with van der Waals surface area (Å²) in [5.74, 6) is -0.222. The van der Waals surface area contributed by atoms with Gasteiger partial charge in [0, 0.05) is 17.0 Å². The molecule has 0 aliphatic heterocycles. The lowest BCUT2D eigenvalue weighted by molar-refractivity contribution is 0.628. The van der Waals surface area contributed by atoms with Crippen LogP contribution in [0.15, 0.2) is 24.3 Å². The number of aryl methyl sites for hydroxylation is 1. The summed E-state index contributed by atoms with van der Waals surface area (Å²) in [4.78, 5) is 5.62. The smallest absolute Gasteiger partial charge is 0.123 e. The summed E-state index contributed by atoms with van der Waals surface area (Å²) < 4.78 is 13.1. The van der Waals surface area contributed by atoms with E-state index < -0.39 is 0 Å². The molecule has 1 aromatic carbocycles. The van der Waals surface area contributed by atoms with Crippen LogP contribution in [0.4, 0.5) is 4.39 Å². The molecule has 2 aromatic rings. The molecule has 2 nitrogen and oxygen atoms in total. The van der Waals surface area contributed by atoms with Crippen molar-refractivity contribution in [3.63, 3.8) is 0 Å². The van der Waals surface area contributed by atoms with Crippen LogP contribution >= 0.6 is 11.3 Å². The number of nitrogens with one attached hydrogen (secondary N) is 1. The average Bonchev–Trinajstić information content (AvgIpc) is 2.60. The van der Waals surface area contributed by atoms with E-state index in [0.29, 0.717) is 0 Å². The molecule has 1 heterocycles. The van der Waals surface area contributed by atoms with Crippen molar-refractivity contribution in [2.45, 2.75) is 13.5 Å². The zero-order valence-electron chi connectivity index (χ0n) is 9.25. The summed E-state index contributed by atoms with van der Waals surface area (Å²) in [5, 5.41) is 4.09. The lowest BCUT2D eigenvalue weighted by Gasteiger charge is -1.98. The highest BCUT2D eigenvalue weighted by Crippen LogP contribution is 2.27. The number of benzene rings is 1. The molecule has 16 heavy (non-hydrogen) atoms. The van der Waals surface area contributed by atoms with E-state index >= 15 is 0 Å². The van der Waals surface area contributed by atoms with E-state index in [1.807, 2.05) is 20.0 Å². The van der Waals surface area contributed by atoms with Gasteiger partial charge in [-0.25, -0.2) is 9.37 Å². The summed E-state index contributed by atoms with van der Waals surface area (Å²) in [6, 6.07) is 6.56. The van der Waals surface area contributed by atoms with Gasteiger partial charge in [-0.3, -0.25) is 0 Å². The Hall–Kier alpha value is -1.26. The Morgan fingerprint density at radius 1 is 1.44 bits per heavy atom. The lowest BCUT2D eigenvalue weighted by atomic mass is 10.1. The van der Waals surface area contributed by atoms with Crippen LogP contribution in [-0.4, -0.2) is 12.0 Å². The first-order valence-corrected chi connectivity index (χ1v) is 5.89. The maximum Gasteiger partial charge on any atom is 0.123 e. The molecule has 0 unspecified atom stereocenters. The Morgan fingerprint density at radius 2 is 2.25 bits per heavy atom. The lowest BCUT2D eigenvalue weighted by Crippen LogP contribution is -2.04. The minimum Gasteiger partial charge on any atom is -0.314 e. The molecule has 0 saturated carbocycles. The second kappa shape index (κ2) is 4.72. The third-order valence-corrected chi connectivity index (χ3v) is 3.24. The Bertz CT molecular complexity index is 494. The van der Waals surface area contributed by atoms with E-state index in [1.54, 1.807) is 17.4 Å². The molecule has 0 atom stereocenters. The summed E-state index contributed by atoms with van der Waals surface area (Å²) in [7, 11) is 1.89. The van der Waals surface area contributed by atoms with Crippen molar-refractivity contribution in [3.8, 4) is 11.3 Å². The van der Waals surface area contributed by atoms with Crippen molar-refractivity contribution in [1.29, 1.82) is 0 Å². The van der Waals surface area contributed by atoms with E-state index in [2.05, 4.69) is 10.3 Å². The van der Waals surface area contributed by atoms with Crippen molar-refractivity contribution in [2.24, 2.45) is 0 Å². The number of hydrogen-bond donors (Lipinski definition) is 1. The van der Waals surface area contributed by atoms with Crippen LogP contribution in [-0.2, 0) is 6.54 Å². The molecule has 0 aliphatic rings. The zero-order valence-corrected chi connectivity index (χ0v) is 10.1. The van der Waals surface area contributed by atoms with Gasteiger partial charge in [0.25, 0.3) is 0 Å². The molecule has 84 valence electrons. The summed E-state index contributed by atoms with van der Waals surface area (Å²) in [5.41, 5.74) is 1.73. The Kier molecular flexibility index (Phi) is 3.31. The van der Waals surface area contributed by atoms with Crippen molar-refractivity contribution in [2.75, 3.05) is 7.05 Å². The Labute approximate surface area is 98.2 Å². The van der Waals surface area contributed by atoms with Gasteiger partial charge in [0.2, 0.25) is 0 Å². The maximum absolute atomic E-state index is 13.1. The van der Waals surface area contributed by atoms with Gasteiger partial charge in [-0.05, 0) is 26.1 Å². The van der Waals surface area contributed by atoms with Crippen LogP contribution in [0.25, 0.3) is 11.3 Å². The van der Waals surface area contributed by atoms with Crippen molar-refractivity contribution in [1.82, 2.24) is 10.3 Å². The minimum atomic E-state index is -0.222. The van der Waals surface area contributed by atoms with E-state index in [4.69, 9.17) is 0 Å². The fraction of sp³-hybridized carbons (Fsp3) is 0.250. The molecule has 1 N–H and O–H groups in total. The molecule has 1 aromatic heterocycles. The standard InChI is InChI=1S/C12H13FN2S/c1-8-12(15-11(16-8)7-14-2)9-4-3-5-10(13)6-9/h3-6,14H,7H2,1-2H3. The highest BCUT2D eigenvalue weighted by atomic mass is 32.1. The predicted molar refractivity (Wildman–Crippen MR) is 65.0 cm³/mol. The van der Waals surface area contributed by atoms with Crippen LogP contribution < -0.4 is 5.32 Å². The fourth-order valence-electron chi connectivity index (χ4n) is 1.58. The van der Waals surface area contributed by atoms with E-state index in [9.17, 15) is 4.39 Å². The van der Waals surface area contributed by atoms with Crippen molar-refractivity contribution >= 4 is 11.3 Å². The maximum atomic E-state index is 13.1. The minimum absolute atomic E-state index is 0.222. The second-order valence-corrected chi connectivity index (χ2v) is 4.84. The number of nitrogens with zero attached hydrogens (tertiary/aromatic N) is 1. The molecule has 0 amide bonds. The monoisotopic (exact) mass is 236 g/mol. The number of thiazole rings is 1. The largest absolute Gasteiger partial charge is 0.314 e. The van der Waals surface area contributed by atoms with Gasteiger partial charge in [0.1, 0.15) is 10.8 Å². The number of rotatable bonds is 3. The van der Waals surface area contributed by atoms with Gasteiger partial charge >= 0.3 is 0 Å².